The molecule has 0 saturated heterocycles. The van der Waals surface area contributed by atoms with Crippen molar-refractivity contribution in [3.8, 4) is 5.75 Å². The van der Waals surface area contributed by atoms with Crippen LogP contribution < -0.4 is 4.74 Å². The van der Waals surface area contributed by atoms with Crippen LogP contribution in [0.3, 0.4) is 0 Å². The monoisotopic (exact) mass is 244 g/mol. The second kappa shape index (κ2) is 4.82. The van der Waals surface area contributed by atoms with Crippen LogP contribution in [-0.4, -0.2) is 21.3 Å². The van der Waals surface area contributed by atoms with Crippen molar-refractivity contribution in [2.24, 2.45) is 0 Å². The molecule has 1 N–H and O–H groups in total. The zero-order valence-electron chi connectivity index (χ0n) is 10.2. The normalized spacial score (nSPS) is 13.4. The first-order valence-corrected chi connectivity index (χ1v) is 6.22. The highest BCUT2D eigenvalue weighted by Crippen LogP contribution is 2.26. The molecule has 0 radical (unpaired) electrons. The van der Waals surface area contributed by atoms with Crippen LogP contribution in [0.25, 0.3) is 0 Å². The van der Waals surface area contributed by atoms with Crippen LogP contribution in [0.2, 0.25) is 0 Å². The molecule has 4 nitrogen and oxygen atoms in total. The van der Waals surface area contributed by atoms with E-state index in [1.165, 1.54) is 11.1 Å². The maximum atomic E-state index is 9.13. The van der Waals surface area contributed by atoms with Gasteiger partial charge in [-0.15, -0.1) is 0 Å². The predicted molar refractivity (Wildman–Crippen MR) is 67.5 cm³/mol. The van der Waals surface area contributed by atoms with Gasteiger partial charge in [0.05, 0.1) is 6.61 Å². The Kier molecular flexibility index (Phi) is 3.02. The van der Waals surface area contributed by atoms with Gasteiger partial charge in [-0.2, -0.15) is 0 Å². The fourth-order valence-electron chi connectivity index (χ4n) is 2.34. The number of aliphatic hydroxyl groups is 1. The van der Waals surface area contributed by atoms with Crippen LogP contribution in [0.4, 0.5) is 0 Å². The van der Waals surface area contributed by atoms with Crippen LogP contribution in [0, 0.1) is 0 Å². The Morgan fingerprint density at radius 1 is 1.39 bits per heavy atom. The van der Waals surface area contributed by atoms with E-state index in [0.29, 0.717) is 0 Å². The summed E-state index contributed by atoms with van der Waals surface area (Å²) in [6.45, 7) is 1.63. The lowest BCUT2D eigenvalue weighted by Crippen LogP contribution is -2.05. The molecular weight excluding hydrogens is 228 g/mol. The van der Waals surface area contributed by atoms with Crippen LogP contribution >= 0.6 is 0 Å². The lowest BCUT2D eigenvalue weighted by atomic mass is 10.1. The number of hydrogen-bond acceptors (Lipinski definition) is 3. The van der Waals surface area contributed by atoms with Crippen molar-refractivity contribution in [3.63, 3.8) is 0 Å². The number of aliphatic hydroxyl groups excluding tert-OH is 1. The average molecular weight is 244 g/mol. The Morgan fingerprint density at radius 2 is 2.33 bits per heavy atom. The lowest BCUT2D eigenvalue weighted by molar-refractivity contribution is 0.265. The zero-order valence-corrected chi connectivity index (χ0v) is 10.2. The third-order valence-electron chi connectivity index (χ3n) is 3.34. The summed E-state index contributed by atoms with van der Waals surface area (Å²) in [5.74, 6) is 1.75. The molecule has 2 aromatic rings. The van der Waals surface area contributed by atoms with E-state index in [1.54, 1.807) is 6.20 Å². The van der Waals surface area contributed by atoms with E-state index in [9.17, 15) is 0 Å². The Hall–Kier alpha value is -1.81. The van der Waals surface area contributed by atoms with Crippen molar-refractivity contribution >= 4 is 0 Å². The molecule has 0 atom stereocenters. The number of rotatable bonds is 4. The Bertz CT molecular complexity index is 548. The molecule has 94 valence electrons. The van der Waals surface area contributed by atoms with Gasteiger partial charge < -0.3 is 14.4 Å². The summed E-state index contributed by atoms with van der Waals surface area (Å²) in [7, 11) is 0. The number of nitrogens with zero attached hydrogens (tertiary/aromatic N) is 2. The number of ether oxygens (including phenoxy) is 1. The molecule has 0 unspecified atom stereocenters. The van der Waals surface area contributed by atoms with Gasteiger partial charge in [0.1, 0.15) is 18.2 Å². The molecule has 3 rings (SSSR count). The molecule has 18 heavy (non-hydrogen) atoms. The average Bonchev–Trinajstić information content (AvgIpc) is 3.04. The Balaban J connectivity index is 1.70. The minimum Gasteiger partial charge on any atom is -0.493 e. The summed E-state index contributed by atoms with van der Waals surface area (Å²) in [4.78, 5) is 4.10. The SMILES string of the molecule is OCc1nccn1CCc1ccc2c(c1)CCO2. The Labute approximate surface area is 106 Å². The highest BCUT2D eigenvalue weighted by Gasteiger charge is 2.12. The quantitative estimate of drug-likeness (QED) is 0.887. The van der Waals surface area contributed by atoms with Gasteiger partial charge in [0.15, 0.2) is 0 Å². The standard InChI is InChI=1S/C14H16N2O2/c17-10-14-15-5-7-16(14)6-3-11-1-2-13-12(9-11)4-8-18-13/h1-2,5,7,9,17H,3-4,6,8,10H2. The van der Waals surface area contributed by atoms with Gasteiger partial charge in [0.2, 0.25) is 0 Å². The highest BCUT2D eigenvalue weighted by atomic mass is 16.5. The van der Waals surface area contributed by atoms with Gasteiger partial charge in [-0.3, -0.25) is 0 Å². The van der Waals surface area contributed by atoms with E-state index >= 15 is 0 Å². The molecule has 2 heterocycles. The minimum absolute atomic E-state index is 0.00890. The third-order valence-corrected chi connectivity index (χ3v) is 3.34. The fraction of sp³-hybridized carbons (Fsp3) is 0.357. The first-order chi connectivity index (χ1) is 8.86. The van der Waals surface area contributed by atoms with E-state index in [4.69, 9.17) is 9.84 Å². The van der Waals surface area contributed by atoms with Crippen LogP contribution in [0.15, 0.2) is 30.6 Å². The van der Waals surface area contributed by atoms with E-state index in [1.807, 2.05) is 10.8 Å². The summed E-state index contributed by atoms with van der Waals surface area (Å²) in [5, 5.41) is 9.13. The topological polar surface area (TPSA) is 47.3 Å². The van der Waals surface area contributed by atoms with E-state index in [-0.39, 0.29) is 6.61 Å². The van der Waals surface area contributed by atoms with Crippen molar-refractivity contribution in [1.82, 2.24) is 9.55 Å². The molecule has 1 aliphatic heterocycles. The van der Waals surface area contributed by atoms with Gasteiger partial charge in [-0.1, -0.05) is 12.1 Å². The summed E-state index contributed by atoms with van der Waals surface area (Å²) >= 11 is 0. The lowest BCUT2D eigenvalue weighted by Gasteiger charge is -2.07. The molecule has 1 aliphatic rings. The van der Waals surface area contributed by atoms with Crippen LogP contribution in [0.1, 0.15) is 17.0 Å². The third kappa shape index (κ3) is 2.11. The second-order valence-corrected chi connectivity index (χ2v) is 4.49. The molecule has 0 fully saturated rings. The van der Waals surface area contributed by atoms with E-state index in [0.717, 1.165) is 37.6 Å². The van der Waals surface area contributed by atoms with Crippen molar-refractivity contribution < 1.29 is 9.84 Å². The number of benzene rings is 1. The second-order valence-electron chi connectivity index (χ2n) is 4.49. The number of imidazole rings is 1. The summed E-state index contributed by atoms with van der Waals surface area (Å²) in [6, 6.07) is 6.39. The molecule has 0 amide bonds. The van der Waals surface area contributed by atoms with Crippen LogP contribution in [-0.2, 0) is 26.0 Å². The van der Waals surface area contributed by atoms with Crippen LogP contribution in [0.5, 0.6) is 5.75 Å². The van der Waals surface area contributed by atoms with Crippen molar-refractivity contribution in [1.29, 1.82) is 0 Å². The molecule has 1 aromatic heterocycles. The van der Waals surface area contributed by atoms with Gasteiger partial charge in [-0.05, 0) is 23.6 Å². The molecule has 0 aliphatic carbocycles. The number of aryl methyl sites for hydroxylation is 2. The number of aromatic nitrogens is 2. The van der Waals surface area contributed by atoms with Crippen molar-refractivity contribution in [2.45, 2.75) is 26.0 Å². The summed E-state index contributed by atoms with van der Waals surface area (Å²) in [5.41, 5.74) is 2.61. The number of fused-ring (bicyclic) bond motifs is 1. The number of hydrogen-bond donors (Lipinski definition) is 1. The molecule has 0 saturated carbocycles. The molecule has 1 aromatic carbocycles. The van der Waals surface area contributed by atoms with Crippen molar-refractivity contribution in [2.75, 3.05) is 6.61 Å². The highest BCUT2D eigenvalue weighted by molar-refractivity contribution is 5.39. The molecular formula is C14H16N2O2. The predicted octanol–water partition coefficient (Wildman–Crippen LogP) is 1.55. The maximum Gasteiger partial charge on any atom is 0.134 e. The van der Waals surface area contributed by atoms with Gasteiger partial charge in [0.25, 0.3) is 0 Å². The minimum atomic E-state index is -0.00890. The zero-order chi connectivity index (χ0) is 12.4. The molecule has 4 heteroatoms. The largest absolute Gasteiger partial charge is 0.493 e. The van der Waals surface area contributed by atoms with Gasteiger partial charge in [-0.25, -0.2) is 4.98 Å². The van der Waals surface area contributed by atoms with Gasteiger partial charge in [0, 0.05) is 25.4 Å². The summed E-state index contributed by atoms with van der Waals surface area (Å²) in [6.07, 6.45) is 5.58. The fourth-order valence-corrected chi connectivity index (χ4v) is 2.34. The van der Waals surface area contributed by atoms with Gasteiger partial charge >= 0.3 is 0 Å². The van der Waals surface area contributed by atoms with Crippen molar-refractivity contribution in [3.05, 3.63) is 47.5 Å². The first-order valence-electron chi connectivity index (χ1n) is 6.22. The van der Waals surface area contributed by atoms with E-state index in [2.05, 4.69) is 23.2 Å². The molecule has 0 bridgehead atoms. The summed E-state index contributed by atoms with van der Waals surface area (Å²) < 4.78 is 7.48. The first kappa shape index (κ1) is 11.3. The molecule has 0 spiro atoms. The smallest absolute Gasteiger partial charge is 0.134 e. The van der Waals surface area contributed by atoms with E-state index < -0.39 is 0 Å². The maximum absolute atomic E-state index is 9.13. The Morgan fingerprint density at radius 3 is 3.22 bits per heavy atom.